The average Bonchev–Trinajstić information content (AvgIpc) is 3.28. The fraction of sp³-hybridized carbons (Fsp3) is 0.500. The Balaban J connectivity index is 1.38. The molecule has 1 aromatic carbocycles. The second kappa shape index (κ2) is 9.68. The van der Waals surface area contributed by atoms with Crippen LogP contribution in [0.4, 0.5) is 0 Å². The van der Waals surface area contributed by atoms with Crippen LogP contribution in [0.3, 0.4) is 0 Å². The highest BCUT2D eigenvalue weighted by molar-refractivity contribution is 5.89. The number of carbonyl (C=O) groups excluding carboxylic acids is 2. The van der Waals surface area contributed by atoms with Gasteiger partial charge in [0.05, 0.1) is 32.0 Å². The first-order valence-electron chi connectivity index (χ1n) is 9.23. The second-order valence-corrected chi connectivity index (χ2v) is 6.56. The smallest absolute Gasteiger partial charge is 0.338 e. The Hall–Kier alpha value is -2.42. The minimum Gasteiger partial charge on any atom is -0.494 e. The number of aliphatic hydroxyl groups excluding tert-OH is 1. The highest BCUT2D eigenvalue weighted by Gasteiger charge is 2.48. The molecule has 0 radical (unpaired) electrons. The highest BCUT2D eigenvalue weighted by atomic mass is 16.6. The first-order valence-corrected chi connectivity index (χ1v) is 9.23. The molecule has 0 amide bonds. The third kappa shape index (κ3) is 5.09. The Morgan fingerprint density at radius 1 is 1.11 bits per heavy atom. The first-order chi connectivity index (χ1) is 13.6. The Morgan fingerprint density at radius 3 is 2.57 bits per heavy atom. The number of carbonyl (C=O) groups is 2. The van der Waals surface area contributed by atoms with Gasteiger partial charge in [-0.15, -0.1) is 0 Å². The van der Waals surface area contributed by atoms with Gasteiger partial charge in [0.1, 0.15) is 24.1 Å². The third-order valence-corrected chi connectivity index (χ3v) is 4.55. The molecular formula is C20H24O8. The number of fused-ring (bicyclic) bond motifs is 1. The van der Waals surface area contributed by atoms with Gasteiger partial charge in [-0.2, -0.15) is 0 Å². The zero-order valence-electron chi connectivity index (χ0n) is 15.5. The molecule has 4 atom stereocenters. The van der Waals surface area contributed by atoms with Gasteiger partial charge in [0.15, 0.2) is 6.10 Å². The van der Waals surface area contributed by atoms with E-state index in [0.717, 1.165) is 12.5 Å². The summed E-state index contributed by atoms with van der Waals surface area (Å²) >= 11 is 0. The van der Waals surface area contributed by atoms with Crippen molar-refractivity contribution in [2.75, 3.05) is 26.4 Å². The van der Waals surface area contributed by atoms with Crippen LogP contribution >= 0.6 is 0 Å². The minimum atomic E-state index is -0.681. The predicted molar refractivity (Wildman–Crippen MR) is 97.0 cm³/mol. The van der Waals surface area contributed by atoms with Crippen molar-refractivity contribution in [3.05, 3.63) is 42.5 Å². The zero-order valence-corrected chi connectivity index (χ0v) is 15.5. The number of esters is 2. The van der Waals surface area contributed by atoms with Gasteiger partial charge in [0.25, 0.3) is 0 Å². The van der Waals surface area contributed by atoms with Gasteiger partial charge in [-0.3, -0.25) is 0 Å². The summed E-state index contributed by atoms with van der Waals surface area (Å²) < 4.78 is 26.8. The third-order valence-electron chi connectivity index (χ3n) is 4.55. The Morgan fingerprint density at radius 2 is 1.82 bits per heavy atom. The lowest BCUT2D eigenvalue weighted by molar-refractivity contribution is -0.137. The summed E-state index contributed by atoms with van der Waals surface area (Å²) in [5, 5.41) is 9.72. The van der Waals surface area contributed by atoms with Crippen LogP contribution in [0.25, 0.3) is 0 Å². The molecule has 2 fully saturated rings. The number of rotatable bonds is 9. The van der Waals surface area contributed by atoms with E-state index in [4.69, 9.17) is 23.7 Å². The molecule has 1 aromatic rings. The van der Waals surface area contributed by atoms with Crippen molar-refractivity contribution in [1.82, 2.24) is 0 Å². The number of ether oxygens (including phenoxy) is 5. The van der Waals surface area contributed by atoms with E-state index < -0.39 is 36.4 Å². The van der Waals surface area contributed by atoms with Crippen molar-refractivity contribution < 1.29 is 38.4 Å². The molecule has 0 bridgehead atoms. The Labute approximate surface area is 163 Å². The van der Waals surface area contributed by atoms with Crippen LogP contribution in [0.15, 0.2) is 36.9 Å². The zero-order chi connectivity index (χ0) is 19.9. The van der Waals surface area contributed by atoms with Crippen molar-refractivity contribution in [3.63, 3.8) is 0 Å². The number of aliphatic hydroxyl groups is 1. The van der Waals surface area contributed by atoms with Crippen LogP contribution in [-0.4, -0.2) is 67.9 Å². The fourth-order valence-corrected chi connectivity index (χ4v) is 3.06. The number of hydrogen-bond donors (Lipinski definition) is 1. The van der Waals surface area contributed by atoms with E-state index in [1.165, 1.54) is 0 Å². The summed E-state index contributed by atoms with van der Waals surface area (Å²) in [6.45, 7) is 4.52. The SMILES string of the molecule is C=CC(=O)OCCCCOc1ccc(C(=O)O[C@H]2CO[C@H]3[C@@H]2OC[C@H]3O)cc1. The van der Waals surface area contributed by atoms with E-state index in [-0.39, 0.29) is 13.2 Å². The highest BCUT2D eigenvalue weighted by Crippen LogP contribution is 2.29. The largest absolute Gasteiger partial charge is 0.494 e. The standard InChI is InChI=1S/C20H24O8/c1-2-17(22)25-10-4-3-9-24-14-7-5-13(6-8-14)20(23)28-16-12-27-18-15(21)11-26-19(16)18/h2,5-8,15-16,18-19,21H,1,3-4,9-12H2/t15-,16+,18-,19-/m1/s1. The van der Waals surface area contributed by atoms with Crippen molar-refractivity contribution >= 4 is 11.9 Å². The van der Waals surface area contributed by atoms with Gasteiger partial charge in [0.2, 0.25) is 0 Å². The molecule has 0 aliphatic carbocycles. The van der Waals surface area contributed by atoms with Crippen LogP contribution < -0.4 is 4.74 Å². The van der Waals surface area contributed by atoms with Crippen LogP contribution in [0.1, 0.15) is 23.2 Å². The summed E-state index contributed by atoms with van der Waals surface area (Å²) in [4.78, 5) is 23.2. The lowest BCUT2D eigenvalue weighted by Crippen LogP contribution is -2.34. The van der Waals surface area contributed by atoms with E-state index in [1.54, 1.807) is 24.3 Å². The fourth-order valence-electron chi connectivity index (χ4n) is 3.06. The maximum absolute atomic E-state index is 12.3. The molecule has 2 aliphatic rings. The van der Waals surface area contributed by atoms with Crippen molar-refractivity contribution in [2.24, 2.45) is 0 Å². The normalized spacial score (nSPS) is 25.8. The second-order valence-electron chi connectivity index (χ2n) is 6.56. The molecule has 0 unspecified atom stereocenters. The van der Waals surface area contributed by atoms with Crippen LogP contribution in [0, 0.1) is 0 Å². The molecule has 2 saturated heterocycles. The molecule has 0 saturated carbocycles. The molecule has 8 nitrogen and oxygen atoms in total. The summed E-state index contributed by atoms with van der Waals surface area (Å²) in [5.41, 5.74) is 0.394. The molecule has 3 rings (SSSR count). The van der Waals surface area contributed by atoms with Gasteiger partial charge in [-0.05, 0) is 37.1 Å². The van der Waals surface area contributed by atoms with Gasteiger partial charge in [-0.1, -0.05) is 6.58 Å². The van der Waals surface area contributed by atoms with Gasteiger partial charge >= 0.3 is 11.9 Å². The monoisotopic (exact) mass is 392 g/mol. The number of benzene rings is 1. The first kappa shape index (κ1) is 20.3. The molecule has 152 valence electrons. The van der Waals surface area contributed by atoms with Gasteiger partial charge in [0, 0.05) is 6.08 Å². The summed E-state index contributed by atoms with van der Waals surface area (Å²) in [5.74, 6) is -0.278. The molecule has 0 spiro atoms. The van der Waals surface area contributed by atoms with E-state index >= 15 is 0 Å². The molecule has 2 heterocycles. The molecular weight excluding hydrogens is 368 g/mol. The quantitative estimate of drug-likeness (QED) is 0.381. The van der Waals surface area contributed by atoms with Crippen molar-refractivity contribution in [1.29, 1.82) is 0 Å². The van der Waals surface area contributed by atoms with Crippen LogP contribution in [-0.2, 0) is 23.7 Å². The number of hydrogen-bond acceptors (Lipinski definition) is 8. The maximum atomic E-state index is 12.3. The van der Waals surface area contributed by atoms with Crippen LogP contribution in [0.5, 0.6) is 5.75 Å². The van der Waals surface area contributed by atoms with Crippen molar-refractivity contribution in [2.45, 2.75) is 37.3 Å². The van der Waals surface area contributed by atoms with Gasteiger partial charge < -0.3 is 28.8 Å². The molecule has 8 heteroatoms. The summed E-state index contributed by atoms with van der Waals surface area (Å²) in [6, 6.07) is 6.64. The van der Waals surface area contributed by atoms with Crippen LogP contribution in [0.2, 0.25) is 0 Å². The minimum absolute atomic E-state index is 0.187. The topological polar surface area (TPSA) is 101 Å². The Kier molecular flexibility index (Phi) is 7.02. The van der Waals surface area contributed by atoms with Crippen molar-refractivity contribution in [3.8, 4) is 5.75 Å². The summed E-state index contributed by atoms with van der Waals surface area (Å²) in [6.07, 6.45) is 0.475. The molecule has 1 N–H and O–H groups in total. The predicted octanol–water partition coefficient (Wildman–Crippen LogP) is 1.26. The number of unbranched alkanes of at least 4 members (excludes halogenated alkanes) is 1. The maximum Gasteiger partial charge on any atom is 0.338 e. The Bertz CT molecular complexity index is 686. The molecule has 28 heavy (non-hydrogen) atoms. The van der Waals surface area contributed by atoms with Gasteiger partial charge in [-0.25, -0.2) is 9.59 Å². The van der Waals surface area contributed by atoms with E-state index in [9.17, 15) is 14.7 Å². The lowest BCUT2D eigenvalue weighted by Gasteiger charge is -2.16. The summed E-state index contributed by atoms with van der Waals surface area (Å²) in [7, 11) is 0. The molecule has 2 aliphatic heterocycles. The van der Waals surface area contributed by atoms with E-state index in [1.807, 2.05) is 0 Å². The van der Waals surface area contributed by atoms with E-state index in [2.05, 4.69) is 6.58 Å². The lowest BCUT2D eigenvalue weighted by atomic mass is 10.1. The van der Waals surface area contributed by atoms with E-state index in [0.29, 0.717) is 30.9 Å². The average molecular weight is 392 g/mol. The molecule has 0 aromatic heterocycles.